The fourth-order valence-electron chi connectivity index (χ4n) is 3.29. The first kappa shape index (κ1) is 18.3. The van der Waals surface area contributed by atoms with E-state index >= 15 is 0 Å². The van der Waals surface area contributed by atoms with Gasteiger partial charge < -0.3 is 15.5 Å². The summed E-state index contributed by atoms with van der Waals surface area (Å²) in [4.78, 5) is 25.7. The van der Waals surface area contributed by atoms with Gasteiger partial charge >= 0.3 is 6.03 Å². The van der Waals surface area contributed by atoms with Crippen molar-refractivity contribution in [1.29, 1.82) is 0 Å². The highest BCUT2D eigenvalue weighted by atomic mass is 16.2. The Morgan fingerprint density at radius 3 is 2.54 bits per heavy atom. The van der Waals surface area contributed by atoms with Crippen LogP contribution in [0, 0.1) is 0 Å². The highest BCUT2D eigenvalue weighted by Crippen LogP contribution is 2.21. The van der Waals surface area contributed by atoms with E-state index in [2.05, 4.69) is 17.6 Å². The van der Waals surface area contributed by atoms with Crippen LogP contribution in [0.3, 0.4) is 0 Å². The smallest absolute Gasteiger partial charge is 0.315 e. The van der Waals surface area contributed by atoms with Crippen molar-refractivity contribution in [2.24, 2.45) is 0 Å². The second kappa shape index (κ2) is 9.30. The molecule has 5 heteroatoms. The largest absolute Gasteiger partial charge is 0.336 e. The van der Waals surface area contributed by atoms with Gasteiger partial charge in [-0.25, -0.2) is 4.79 Å². The van der Waals surface area contributed by atoms with Crippen molar-refractivity contribution in [1.82, 2.24) is 10.6 Å². The highest BCUT2D eigenvalue weighted by Gasteiger charge is 2.17. The van der Waals surface area contributed by atoms with Crippen molar-refractivity contribution in [3.8, 4) is 0 Å². The predicted octanol–water partition coefficient (Wildman–Crippen LogP) is 3.23. The predicted molar refractivity (Wildman–Crippen MR) is 97.3 cm³/mol. The van der Waals surface area contributed by atoms with E-state index in [4.69, 9.17) is 0 Å². The van der Waals surface area contributed by atoms with E-state index in [1.807, 2.05) is 24.3 Å². The number of benzene rings is 1. The van der Waals surface area contributed by atoms with Gasteiger partial charge in [-0.1, -0.05) is 44.4 Å². The number of nitrogens with zero attached hydrogens (tertiary/aromatic N) is 1. The van der Waals surface area contributed by atoms with Crippen LogP contribution in [0.4, 0.5) is 10.5 Å². The molecule has 0 saturated heterocycles. The Morgan fingerprint density at radius 1 is 1.17 bits per heavy atom. The average molecular weight is 331 g/mol. The molecular formula is C19H29N3O2. The van der Waals surface area contributed by atoms with Crippen LogP contribution in [0.2, 0.25) is 0 Å². The minimum Gasteiger partial charge on any atom is -0.336 e. The molecular weight excluding hydrogens is 302 g/mol. The zero-order chi connectivity index (χ0) is 17.4. The number of para-hydroxylation sites is 1. The second-order valence-corrected chi connectivity index (χ2v) is 6.39. The number of rotatable bonds is 6. The topological polar surface area (TPSA) is 61.4 Å². The van der Waals surface area contributed by atoms with Gasteiger partial charge in [-0.05, 0) is 30.9 Å². The Morgan fingerprint density at radius 2 is 1.88 bits per heavy atom. The molecule has 1 aromatic carbocycles. The molecule has 3 amide bonds. The molecule has 0 atom stereocenters. The number of aryl methyl sites for hydroxylation is 1. The van der Waals surface area contributed by atoms with Gasteiger partial charge in [0, 0.05) is 31.7 Å². The SMILES string of the molecule is CCc1ccccc1N(CCNC(=O)NC1CCCCC1)C(C)=O. The van der Waals surface area contributed by atoms with Gasteiger partial charge in [-0.15, -0.1) is 0 Å². The van der Waals surface area contributed by atoms with Crippen LogP contribution >= 0.6 is 0 Å². The second-order valence-electron chi connectivity index (χ2n) is 6.39. The summed E-state index contributed by atoms with van der Waals surface area (Å²) in [7, 11) is 0. The third kappa shape index (κ3) is 5.25. The number of nitrogens with one attached hydrogen (secondary N) is 2. The van der Waals surface area contributed by atoms with Crippen molar-refractivity contribution >= 4 is 17.6 Å². The van der Waals surface area contributed by atoms with Crippen LogP contribution in [0.5, 0.6) is 0 Å². The average Bonchev–Trinajstić information content (AvgIpc) is 2.59. The standard InChI is InChI=1S/C19H29N3O2/c1-3-16-9-7-8-12-18(16)22(15(2)23)14-13-20-19(24)21-17-10-5-4-6-11-17/h7-9,12,17H,3-6,10-11,13-14H2,1-2H3,(H2,20,21,24). The Hall–Kier alpha value is -2.04. The molecule has 0 unspecified atom stereocenters. The summed E-state index contributed by atoms with van der Waals surface area (Å²) >= 11 is 0. The molecule has 0 radical (unpaired) electrons. The summed E-state index contributed by atoms with van der Waals surface area (Å²) in [5.74, 6) is -0.00890. The van der Waals surface area contributed by atoms with E-state index < -0.39 is 0 Å². The zero-order valence-corrected chi connectivity index (χ0v) is 14.8. The van der Waals surface area contributed by atoms with E-state index in [1.165, 1.54) is 19.3 Å². The quantitative estimate of drug-likeness (QED) is 0.840. The molecule has 132 valence electrons. The summed E-state index contributed by atoms with van der Waals surface area (Å²) in [6, 6.07) is 8.08. The Kier molecular flexibility index (Phi) is 7.09. The molecule has 24 heavy (non-hydrogen) atoms. The number of carbonyl (C=O) groups excluding carboxylic acids is 2. The summed E-state index contributed by atoms with van der Waals surface area (Å²) < 4.78 is 0. The van der Waals surface area contributed by atoms with Gasteiger partial charge in [-0.2, -0.15) is 0 Å². The number of carbonyl (C=O) groups is 2. The first-order valence-corrected chi connectivity index (χ1v) is 9.02. The third-order valence-corrected chi connectivity index (χ3v) is 4.60. The summed E-state index contributed by atoms with van der Waals surface area (Å²) in [5.41, 5.74) is 2.07. The van der Waals surface area contributed by atoms with Gasteiger partial charge in [0.25, 0.3) is 0 Å². The number of amides is 3. The maximum atomic E-state index is 12.0. The minimum absolute atomic E-state index is 0.00890. The molecule has 1 saturated carbocycles. The van der Waals surface area contributed by atoms with Crippen molar-refractivity contribution in [3.05, 3.63) is 29.8 Å². The van der Waals surface area contributed by atoms with Crippen LogP contribution in [0.25, 0.3) is 0 Å². The van der Waals surface area contributed by atoms with Crippen LogP contribution in [-0.2, 0) is 11.2 Å². The number of hydrogen-bond donors (Lipinski definition) is 2. The van der Waals surface area contributed by atoms with E-state index in [9.17, 15) is 9.59 Å². The Balaban J connectivity index is 1.85. The van der Waals surface area contributed by atoms with Crippen LogP contribution in [0.15, 0.2) is 24.3 Å². The molecule has 1 aliphatic carbocycles. The first-order valence-electron chi connectivity index (χ1n) is 9.02. The molecule has 0 heterocycles. The molecule has 0 spiro atoms. The van der Waals surface area contributed by atoms with Crippen molar-refractivity contribution in [3.63, 3.8) is 0 Å². The molecule has 1 aromatic rings. The van der Waals surface area contributed by atoms with Crippen LogP contribution in [0.1, 0.15) is 51.5 Å². The Labute approximate surface area is 144 Å². The van der Waals surface area contributed by atoms with Crippen molar-refractivity contribution in [2.45, 2.75) is 58.4 Å². The lowest BCUT2D eigenvalue weighted by Gasteiger charge is -2.25. The molecule has 1 aliphatic rings. The number of anilines is 1. The van der Waals surface area contributed by atoms with Gasteiger partial charge in [-0.3, -0.25) is 4.79 Å². The number of urea groups is 1. The van der Waals surface area contributed by atoms with E-state index in [0.717, 1.165) is 30.5 Å². The minimum atomic E-state index is -0.130. The summed E-state index contributed by atoms with van der Waals surface area (Å²) in [5, 5.41) is 5.91. The Bertz CT molecular complexity index is 553. The fraction of sp³-hybridized carbons (Fsp3) is 0.579. The monoisotopic (exact) mass is 331 g/mol. The van der Waals surface area contributed by atoms with Gasteiger partial charge in [0.05, 0.1) is 0 Å². The maximum Gasteiger partial charge on any atom is 0.315 e. The third-order valence-electron chi connectivity index (χ3n) is 4.60. The fourth-order valence-corrected chi connectivity index (χ4v) is 3.29. The van der Waals surface area contributed by atoms with Crippen molar-refractivity contribution in [2.75, 3.05) is 18.0 Å². The molecule has 0 bridgehead atoms. The lowest BCUT2D eigenvalue weighted by atomic mass is 9.96. The maximum absolute atomic E-state index is 12.0. The molecule has 1 fully saturated rings. The van der Waals surface area contributed by atoms with Gasteiger partial charge in [0.2, 0.25) is 5.91 Å². The van der Waals surface area contributed by atoms with E-state index in [1.54, 1.807) is 11.8 Å². The van der Waals surface area contributed by atoms with Crippen LogP contribution in [-0.4, -0.2) is 31.1 Å². The van der Waals surface area contributed by atoms with Crippen molar-refractivity contribution < 1.29 is 9.59 Å². The molecule has 2 N–H and O–H groups in total. The summed E-state index contributed by atoms with van der Waals surface area (Å²) in [6.45, 7) is 4.56. The lowest BCUT2D eigenvalue weighted by Crippen LogP contribution is -2.45. The molecule has 2 rings (SSSR count). The van der Waals surface area contributed by atoms with E-state index in [0.29, 0.717) is 19.1 Å². The van der Waals surface area contributed by atoms with Crippen LogP contribution < -0.4 is 15.5 Å². The van der Waals surface area contributed by atoms with Gasteiger partial charge in [0.1, 0.15) is 0 Å². The zero-order valence-electron chi connectivity index (χ0n) is 14.8. The number of hydrogen-bond acceptors (Lipinski definition) is 2. The van der Waals surface area contributed by atoms with E-state index in [-0.39, 0.29) is 11.9 Å². The molecule has 0 aromatic heterocycles. The molecule has 5 nitrogen and oxygen atoms in total. The highest BCUT2D eigenvalue weighted by molar-refractivity contribution is 5.92. The first-order chi connectivity index (χ1) is 11.6. The lowest BCUT2D eigenvalue weighted by molar-refractivity contribution is -0.116. The van der Waals surface area contributed by atoms with Gasteiger partial charge in [0.15, 0.2) is 0 Å². The normalized spacial score (nSPS) is 14.9. The summed E-state index contributed by atoms with van der Waals surface area (Å²) in [6.07, 6.45) is 6.65. The molecule has 0 aliphatic heterocycles.